The predicted molar refractivity (Wildman–Crippen MR) is 73.8 cm³/mol. The maximum Gasteiger partial charge on any atom is 0.180 e. The molecule has 5 heteroatoms. The van der Waals surface area contributed by atoms with E-state index in [-0.39, 0.29) is 0 Å². The fourth-order valence-electron chi connectivity index (χ4n) is 2.22. The van der Waals surface area contributed by atoms with Crippen molar-refractivity contribution < 1.29 is 9.47 Å². The van der Waals surface area contributed by atoms with Gasteiger partial charge in [-0.1, -0.05) is 12.1 Å². The Morgan fingerprint density at radius 1 is 1.05 bits per heavy atom. The van der Waals surface area contributed by atoms with Gasteiger partial charge in [-0.3, -0.25) is 9.97 Å². The summed E-state index contributed by atoms with van der Waals surface area (Å²) in [5.41, 5.74) is 2.82. The van der Waals surface area contributed by atoms with Crippen LogP contribution in [0.25, 0.3) is 21.5 Å². The lowest BCUT2D eigenvalue weighted by molar-refractivity contribution is 0.174. The predicted octanol–water partition coefficient (Wildman–Crippen LogP) is 3.13. The number of nitrogens with zero attached hydrogens (tertiary/aromatic N) is 2. The maximum absolute atomic E-state index is 5.74. The van der Waals surface area contributed by atoms with Gasteiger partial charge in [0.25, 0.3) is 0 Å². The first-order chi connectivity index (χ1) is 9.43. The van der Waals surface area contributed by atoms with Crippen molar-refractivity contribution in [3.8, 4) is 21.9 Å². The van der Waals surface area contributed by atoms with Gasteiger partial charge in [0.2, 0.25) is 0 Å². The van der Waals surface area contributed by atoms with E-state index in [0.29, 0.717) is 13.2 Å². The summed E-state index contributed by atoms with van der Waals surface area (Å²) in [6.07, 6.45) is 3.42. The van der Waals surface area contributed by atoms with Gasteiger partial charge >= 0.3 is 0 Å². The van der Waals surface area contributed by atoms with Gasteiger partial charge in [-0.25, -0.2) is 0 Å². The Balaban J connectivity index is 1.98. The zero-order chi connectivity index (χ0) is 12.7. The number of rotatable bonds is 1. The second-order valence-corrected chi connectivity index (χ2v) is 5.06. The highest BCUT2D eigenvalue weighted by atomic mass is 32.1. The van der Waals surface area contributed by atoms with Crippen molar-refractivity contribution in [2.24, 2.45) is 0 Å². The van der Waals surface area contributed by atoms with Crippen LogP contribution < -0.4 is 9.47 Å². The molecular formula is C14H10N2O2S. The molecule has 4 nitrogen and oxygen atoms in total. The summed E-state index contributed by atoms with van der Waals surface area (Å²) in [6.45, 7) is 1.20. The summed E-state index contributed by atoms with van der Waals surface area (Å²) in [5.74, 6) is 1.65. The SMILES string of the molecule is c1cc(-c2scc3c2OCCO3)c2nccnc2c1. The van der Waals surface area contributed by atoms with Crippen molar-refractivity contribution in [3.05, 3.63) is 36.0 Å². The maximum atomic E-state index is 5.74. The molecule has 94 valence electrons. The van der Waals surface area contributed by atoms with E-state index >= 15 is 0 Å². The minimum atomic E-state index is 0.590. The largest absolute Gasteiger partial charge is 0.485 e. The molecule has 0 amide bonds. The van der Waals surface area contributed by atoms with Gasteiger partial charge in [-0.2, -0.15) is 0 Å². The summed E-state index contributed by atoms with van der Waals surface area (Å²) >= 11 is 1.62. The molecule has 0 aliphatic carbocycles. The van der Waals surface area contributed by atoms with Crippen molar-refractivity contribution in [1.82, 2.24) is 9.97 Å². The van der Waals surface area contributed by atoms with E-state index in [9.17, 15) is 0 Å². The molecule has 2 aromatic heterocycles. The van der Waals surface area contributed by atoms with Crippen molar-refractivity contribution in [3.63, 3.8) is 0 Å². The molecule has 1 aromatic carbocycles. The van der Waals surface area contributed by atoms with Gasteiger partial charge in [0.1, 0.15) is 13.2 Å². The molecule has 0 N–H and O–H groups in total. The average Bonchev–Trinajstić information content (AvgIpc) is 2.90. The molecule has 0 fully saturated rings. The van der Waals surface area contributed by atoms with E-state index in [1.807, 2.05) is 23.6 Å². The standard InChI is InChI=1S/C14H10N2O2S/c1-2-9(12-10(3-1)15-4-5-16-12)14-13-11(8-19-14)17-6-7-18-13/h1-5,8H,6-7H2. The van der Waals surface area contributed by atoms with E-state index in [1.54, 1.807) is 23.7 Å². The molecule has 0 atom stereocenters. The molecule has 1 aliphatic heterocycles. The van der Waals surface area contributed by atoms with E-state index in [0.717, 1.165) is 33.0 Å². The molecular weight excluding hydrogens is 260 g/mol. The molecule has 0 saturated heterocycles. The Hall–Kier alpha value is -2.14. The third-order valence-corrected chi connectivity index (χ3v) is 4.02. The average molecular weight is 270 g/mol. The summed E-state index contributed by atoms with van der Waals surface area (Å²) in [7, 11) is 0. The number of para-hydroxylation sites is 1. The Morgan fingerprint density at radius 2 is 1.95 bits per heavy atom. The van der Waals surface area contributed by atoms with E-state index in [4.69, 9.17) is 9.47 Å². The van der Waals surface area contributed by atoms with E-state index in [1.165, 1.54) is 0 Å². The number of hydrogen-bond acceptors (Lipinski definition) is 5. The third kappa shape index (κ3) is 1.66. The second-order valence-electron chi connectivity index (χ2n) is 4.18. The van der Waals surface area contributed by atoms with Crippen LogP contribution >= 0.6 is 11.3 Å². The first kappa shape index (κ1) is 10.8. The third-order valence-electron chi connectivity index (χ3n) is 3.04. The second kappa shape index (κ2) is 4.20. The van der Waals surface area contributed by atoms with Crippen molar-refractivity contribution in [1.29, 1.82) is 0 Å². The molecule has 0 radical (unpaired) electrons. The molecule has 0 saturated carbocycles. The highest BCUT2D eigenvalue weighted by Crippen LogP contribution is 2.46. The van der Waals surface area contributed by atoms with Crippen LogP contribution in [0.1, 0.15) is 0 Å². The zero-order valence-corrected chi connectivity index (χ0v) is 10.8. The topological polar surface area (TPSA) is 44.2 Å². The lowest BCUT2D eigenvalue weighted by atomic mass is 10.1. The van der Waals surface area contributed by atoms with E-state index in [2.05, 4.69) is 9.97 Å². The molecule has 0 unspecified atom stereocenters. The Morgan fingerprint density at radius 3 is 2.95 bits per heavy atom. The highest BCUT2D eigenvalue weighted by Gasteiger charge is 2.21. The van der Waals surface area contributed by atoms with Gasteiger partial charge in [-0.15, -0.1) is 11.3 Å². The van der Waals surface area contributed by atoms with Gasteiger partial charge in [0, 0.05) is 23.3 Å². The molecule has 3 heterocycles. The molecule has 19 heavy (non-hydrogen) atoms. The van der Waals surface area contributed by atoms with Crippen molar-refractivity contribution in [2.45, 2.75) is 0 Å². The van der Waals surface area contributed by atoms with Crippen LogP contribution in [-0.4, -0.2) is 23.2 Å². The number of benzene rings is 1. The number of fused-ring (bicyclic) bond motifs is 2. The highest BCUT2D eigenvalue weighted by molar-refractivity contribution is 7.14. The zero-order valence-electron chi connectivity index (χ0n) is 10.00. The van der Waals surface area contributed by atoms with Gasteiger partial charge < -0.3 is 9.47 Å². The van der Waals surface area contributed by atoms with Gasteiger partial charge in [0.05, 0.1) is 15.9 Å². The van der Waals surface area contributed by atoms with Crippen LogP contribution in [0.15, 0.2) is 36.0 Å². The number of ether oxygens (including phenoxy) is 2. The van der Waals surface area contributed by atoms with Crippen LogP contribution in [0, 0.1) is 0 Å². The van der Waals surface area contributed by atoms with Gasteiger partial charge in [-0.05, 0) is 6.07 Å². The van der Waals surface area contributed by atoms with Crippen LogP contribution in [0.2, 0.25) is 0 Å². The summed E-state index contributed by atoms with van der Waals surface area (Å²) < 4.78 is 11.3. The van der Waals surface area contributed by atoms with Crippen LogP contribution in [0.4, 0.5) is 0 Å². The lowest BCUT2D eigenvalue weighted by Gasteiger charge is -2.16. The first-order valence-electron chi connectivity index (χ1n) is 6.01. The smallest absolute Gasteiger partial charge is 0.180 e. The Kier molecular flexibility index (Phi) is 2.38. The quantitative estimate of drug-likeness (QED) is 0.681. The summed E-state index contributed by atoms with van der Waals surface area (Å²) in [6, 6.07) is 5.99. The van der Waals surface area contributed by atoms with Crippen molar-refractivity contribution >= 4 is 22.4 Å². The fraction of sp³-hybridized carbons (Fsp3) is 0.143. The molecule has 4 rings (SSSR count). The number of hydrogen-bond donors (Lipinski definition) is 0. The van der Waals surface area contributed by atoms with E-state index < -0.39 is 0 Å². The summed E-state index contributed by atoms with van der Waals surface area (Å²) in [5, 5.41) is 1.99. The number of thiophene rings is 1. The van der Waals surface area contributed by atoms with Crippen molar-refractivity contribution in [2.75, 3.05) is 13.2 Å². The van der Waals surface area contributed by atoms with Gasteiger partial charge in [0.15, 0.2) is 11.5 Å². The Labute approximate surface area is 113 Å². The minimum absolute atomic E-state index is 0.590. The molecule has 3 aromatic rings. The molecule has 0 bridgehead atoms. The van der Waals surface area contributed by atoms with Crippen LogP contribution in [-0.2, 0) is 0 Å². The molecule has 0 spiro atoms. The lowest BCUT2D eigenvalue weighted by Crippen LogP contribution is -2.14. The first-order valence-corrected chi connectivity index (χ1v) is 6.88. The minimum Gasteiger partial charge on any atom is -0.485 e. The van der Waals surface area contributed by atoms with Crippen LogP contribution in [0.5, 0.6) is 11.5 Å². The Bertz CT molecular complexity index is 749. The van der Waals surface area contributed by atoms with Crippen LogP contribution in [0.3, 0.4) is 0 Å². The fourth-order valence-corrected chi connectivity index (χ4v) is 3.18. The normalized spacial score (nSPS) is 13.7. The molecule has 1 aliphatic rings. The number of aromatic nitrogens is 2. The monoisotopic (exact) mass is 270 g/mol. The summed E-state index contributed by atoms with van der Waals surface area (Å²) in [4.78, 5) is 9.82.